The van der Waals surface area contributed by atoms with Crippen LogP contribution in [0.2, 0.25) is 5.02 Å². The average molecular weight is 318 g/mol. The highest BCUT2D eigenvalue weighted by atomic mass is 127. The lowest BCUT2D eigenvalue weighted by Crippen LogP contribution is -2.12. The molecule has 0 aliphatic carbocycles. The van der Waals surface area contributed by atoms with Gasteiger partial charge >= 0.3 is 0 Å². The van der Waals surface area contributed by atoms with Gasteiger partial charge in [0.2, 0.25) is 10.0 Å². The minimum atomic E-state index is -3.69. The van der Waals surface area contributed by atoms with Gasteiger partial charge in [-0.15, -0.1) is 0 Å². The fourth-order valence-corrected chi connectivity index (χ4v) is 2.46. The van der Waals surface area contributed by atoms with E-state index >= 15 is 0 Å². The highest BCUT2D eigenvalue weighted by Crippen LogP contribution is 2.25. The summed E-state index contributed by atoms with van der Waals surface area (Å²) in [6.45, 7) is 0. The molecule has 1 rings (SSSR count). The van der Waals surface area contributed by atoms with Crippen molar-refractivity contribution in [2.24, 2.45) is 5.14 Å². The quantitative estimate of drug-likeness (QED) is 0.800. The molecule has 0 bridgehead atoms. The van der Waals surface area contributed by atoms with E-state index in [1.165, 1.54) is 6.07 Å². The maximum Gasteiger partial charge on any atom is 0.239 e. The fraction of sp³-hybridized carbons (Fsp3) is 0. The first-order chi connectivity index (χ1) is 5.43. The van der Waals surface area contributed by atoms with Gasteiger partial charge < -0.3 is 0 Å². The van der Waals surface area contributed by atoms with Gasteiger partial charge in [-0.2, -0.15) is 0 Å². The first kappa shape index (κ1) is 10.2. The van der Waals surface area contributed by atoms with Gasteiger partial charge in [-0.25, -0.2) is 13.6 Å². The van der Waals surface area contributed by atoms with E-state index in [0.717, 1.165) is 0 Å². The Kier molecular flexibility index (Phi) is 2.97. The average Bonchev–Trinajstić information content (AvgIpc) is 1.92. The van der Waals surface area contributed by atoms with Gasteiger partial charge in [0.25, 0.3) is 0 Å². The molecule has 0 unspecified atom stereocenters. The van der Waals surface area contributed by atoms with Crippen molar-refractivity contribution >= 4 is 44.2 Å². The van der Waals surface area contributed by atoms with Crippen LogP contribution in [0.3, 0.4) is 0 Å². The standard InChI is InChI=1S/C6H5ClINO2S/c7-6-4(8)2-1-3-5(6)12(9,10)11/h1-3H,(H2,9,10,11). The van der Waals surface area contributed by atoms with Gasteiger partial charge in [0.1, 0.15) is 4.90 Å². The molecule has 0 saturated carbocycles. The second-order valence-corrected chi connectivity index (χ2v) is 5.17. The van der Waals surface area contributed by atoms with Crippen molar-refractivity contribution in [3.05, 3.63) is 26.8 Å². The summed E-state index contributed by atoms with van der Waals surface area (Å²) in [7, 11) is -3.69. The van der Waals surface area contributed by atoms with Crippen molar-refractivity contribution in [1.82, 2.24) is 0 Å². The summed E-state index contributed by atoms with van der Waals surface area (Å²) in [5, 5.41) is 5.09. The summed E-state index contributed by atoms with van der Waals surface area (Å²) in [6.07, 6.45) is 0. The maximum atomic E-state index is 10.9. The lowest BCUT2D eigenvalue weighted by molar-refractivity contribution is 0.598. The van der Waals surface area contributed by atoms with E-state index in [1.54, 1.807) is 12.1 Å². The van der Waals surface area contributed by atoms with E-state index in [2.05, 4.69) is 0 Å². The zero-order chi connectivity index (χ0) is 9.35. The van der Waals surface area contributed by atoms with E-state index in [9.17, 15) is 8.42 Å². The molecule has 1 aromatic carbocycles. The van der Waals surface area contributed by atoms with Crippen LogP contribution in [0.4, 0.5) is 0 Å². The Morgan fingerprint density at radius 1 is 1.42 bits per heavy atom. The van der Waals surface area contributed by atoms with Gasteiger partial charge in [0.15, 0.2) is 0 Å². The molecule has 6 heteroatoms. The summed E-state index contributed by atoms with van der Waals surface area (Å²) >= 11 is 7.65. The Morgan fingerprint density at radius 3 is 2.42 bits per heavy atom. The third-order valence-corrected chi connectivity index (χ3v) is 3.91. The molecule has 2 N–H and O–H groups in total. The molecule has 0 saturated heterocycles. The number of hydrogen-bond acceptors (Lipinski definition) is 2. The number of hydrogen-bond donors (Lipinski definition) is 1. The SMILES string of the molecule is NS(=O)(=O)c1cccc(I)c1Cl. The third kappa shape index (κ3) is 2.09. The van der Waals surface area contributed by atoms with E-state index < -0.39 is 10.0 Å². The van der Waals surface area contributed by atoms with Crippen LogP contribution in [0.25, 0.3) is 0 Å². The van der Waals surface area contributed by atoms with Gasteiger partial charge in [0.05, 0.1) is 5.02 Å². The van der Waals surface area contributed by atoms with Gasteiger partial charge in [0, 0.05) is 3.57 Å². The Morgan fingerprint density at radius 2 is 2.00 bits per heavy atom. The molecule has 0 aromatic heterocycles. The van der Waals surface area contributed by atoms with E-state index in [-0.39, 0.29) is 9.92 Å². The predicted octanol–water partition coefficient (Wildman–Crippen LogP) is 1.59. The van der Waals surface area contributed by atoms with Crippen LogP contribution >= 0.6 is 34.2 Å². The van der Waals surface area contributed by atoms with Crippen LogP contribution in [-0.4, -0.2) is 8.42 Å². The molecule has 0 heterocycles. The summed E-state index contributed by atoms with van der Waals surface area (Å²) in [6, 6.07) is 4.67. The summed E-state index contributed by atoms with van der Waals surface area (Å²) < 4.78 is 22.5. The monoisotopic (exact) mass is 317 g/mol. The minimum Gasteiger partial charge on any atom is -0.225 e. The topological polar surface area (TPSA) is 60.2 Å². The van der Waals surface area contributed by atoms with Crippen LogP contribution < -0.4 is 5.14 Å². The zero-order valence-corrected chi connectivity index (χ0v) is 9.52. The van der Waals surface area contributed by atoms with Crippen molar-refractivity contribution in [1.29, 1.82) is 0 Å². The van der Waals surface area contributed by atoms with Crippen LogP contribution in [-0.2, 0) is 10.0 Å². The van der Waals surface area contributed by atoms with E-state index in [4.69, 9.17) is 16.7 Å². The zero-order valence-electron chi connectivity index (χ0n) is 5.79. The number of benzene rings is 1. The fourth-order valence-electron chi connectivity index (χ4n) is 0.704. The summed E-state index contributed by atoms with van der Waals surface area (Å²) in [5.74, 6) is 0. The third-order valence-electron chi connectivity index (χ3n) is 1.22. The molecular formula is C6H5ClINO2S. The molecular weight excluding hydrogens is 312 g/mol. The molecule has 0 radical (unpaired) electrons. The molecule has 0 atom stereocenters. The maximum absolute atomic E-state index is 10.9. The molecule has 12 heavy (non-hydrogen) atoms. The normalized spacial score (nSPS) is 11.6. The van der Waals surface area contributed by atoms with Crippen molar-refractivity contribution < 1.29 is 8.42 Å². The lowest BCUT2D eigenvalue weighted by Gasteiger charge is -2.01. The second kappa shape index (κ2) is 3.49. The van der Waals surface area contributed by atoms with Crippen LogP contribution in [0, 0.1) is 3.57 Å². The molecule has 1 aromatic rings. The highest BCUT2D eigenvalue weighted by Gasteiger charge is 2.13. The Bertz CT molecular complexity index is 404. The Hall–Kier alpha value is 0.150. The van der Waals surface area contributed by atoms with Crippen molar-refractivity contribution in [2.75, 3.05) is 0 Å². The van der Waals surface area contributed by atoms with Gasteiger partial charge in [-0.3, -0.25) is 0 Å². The van der Waals surface area contributed by atoms with Crippen molar-refractivity contribution in [3.63, 3.8) is 0 Å². The van der Waals surface area contributed by atoms with Gasteiger partial charge in [-0.05, 0) is 34.7 Å². The number of nitrogens with two attached hydrogens (primary N) is 1. The van der Waals surface area contributed by atoms with E-state index in [1.807, 2.05) is 22.6 Å². The van der Waals surface area contributed by atoms with Crippen molar-refractivity contribution in [2.45, 2.75) is 4.90 Å². The lowest BCUT2D eigenvalue weighted by atomic mass is 10.4. The predicted molar refractivity (Wildman–Crippen MR) is 55.5 cm³/mol. The first-order valence-electron chi connectivity index (χ1n) is 2.90. The first-order valence-corrected chi connectivity index (χ1v) is 5.90. The van der Waals surface area contributed by atoms with Gasteiger partial charge in [-0.1, -0.05) is 17.7 Å². The highest BCUT2D eigenvalue weighted by molar-refractivity contribution is 14.1. The number of sulfonamides is 1. The Balaban J connectivity index is 3.47. The van der Waals surface area contributed by atoms with Crippen LogP contribution in [0.1, 0.15) is 0 Å². The molecule has 0 aliphatic rings. The van der Waals surface area contributed by atoms with E-state index in [0.29, 0.717) is 3.57 Å². The van der Waals surface area contributed by atoms with Crippen LogP contribution in [0.5, 0.6) is 0 Å². The summed E-state index contributed by atoms with van der Waals surface area (Å²) in [5.41, 5.74) is 0. The van der Waals surface area contributed by atoms with Crippen molar-refractivity contribution in [3.8, 4) is 0 Å². The smallest absolute Gasteiger partial charge is 0.225 e. The largest absolute Gasteiger partial charge is 0.239 e. The molecule has 0 fully saturated rings. The second-order valence-electron chi connectivity index (χ2n) is 2.10. The minimum absolute atomic E-state index is 0.0314. The summed E-state index contributed by atoms with van der Waals surface area (Å²) in [4.78, 5) is -0.0314. The molecule has 0 spiro atoms. The molecule has 0 aliphatic heterocycles. The number of primary sulfonamides is 1. The molecule has 0 amide bonds. The number of halogens is 2. The van der Waals surface area contributed by atoms with Crippen LogP contribution in [0.15, 0.2) is 23.1 Å². The number of rotatable bonds is 1. The molecule has 3 nitrogen and oxygen atoms in total. The Labute approximate surface area is 89.1 Å². The molecule has 66 valence electrons.